The fourth-order valence-corrected chi connectivity index (χ4v) is 5.30. The average Bonchev–Trinajstić information content (AvgIpc) is 3.60. The van der Waals surface area contributed by atoms with E-state index >= 15 is 0 Å². The van der Waals surface area contributed by atoms with Gasteiger partial charge >= 0.3 is 5.97 Å². The van der Waals surface area contributed by atoms with Crippen LogP contribution in [0, 0.1) is 0 Å². The van der Waals surface area contributed by atoms with Crippen molar-refractivity contribution in [3.63, 3.8) is 0 Å². The first-order valence-corrected chi connectivity index (χ1v) is 16.5. The van der Waals surface area contributed by atoms with E-state index in [0.717, 1.165) is 17.7 Å². The van der Waals surface area contributed by atoms with Crippen LogP contribution in [0.15, 0.2) is 97.1 Å². The Labute approximate surface area is 272 Å². The zero-order valence-corrected chi connectivity index (χ0v) is 27.0. The molecule has 0 atom stereocenters. The summed E-state index contributed by atoms with van der Waals surface area (Å²) < 4.78 is 11.4. The molecule has 7 heteroatoms. The molecule has 0 aliphatic heterocycles. The molecule has 2 N–H and O–H groups in total. The molecular formula is C38H44N2O4S. The number of amides is 1. The predicted molar refractivity (Wildman–Crippen MR) is 186 cm³/mol. The second-order valence-corrected chi connectivity index (χ2v) is 11.7. The van der Waals surface area contributed by atoms with Crippen molar-refractivity contribution >= 4 is 34.9 Å². The number of rotatable bonds is 17. The lowest BCUT2D eigenvalue weighted by molar-refractivity contribution is 0.0734. The maximum Gasteiger partial charge on any atom is 0.343 e. The Morgan fingerprint density at radius 2 is 1.24 bits per heavy atom. The van der Waals surface area contributed by atoms with E-state index < -0.39 is 5.97 Å². The van der Waals surface area contributed by atoms with Crippen molar-refractivity contribution in [2.24, 2.45) is 0 Å². The number of thiocarbonyl (C=S) groups is 1. The van der Waals surface area contributed by atoms with E-state index in [4.69, 9.17) is 21.7 Å². The van der Waals surface area contributed by atoms with Gasteiger partial charge in [0.2, 0.25) is 0 Å². The fourth-order valence-electron chi connectivity index (χ4n) is 5.09. The zero-order valence-electron chi connectivity index (χ0n) is 26.1. The molecule has 0 fully saturated rings. The number of ether oxygens (including phenoxy) is 2. The summed E-state index contributed by atoms with van der Waals surface area (Å²) in [6, 6.07) is 21.3. The van der Waals surface area contributed by atoms with Crippen LogP contribution in [0.2, 0.25) is 0 Å². The van der Waals surface area contributed by atoms with Gasteiger partial charge < -0.3 is 14.8 Å². The molecule has 0 radical (unpaired) electrons. The molecule has 6 nitrogen and oxygen atoms in total. The number of unbranched alkanes of at least 4 members (excludes halogenated alkanes) is 9. The molecule has 3 aromatic rings. The van der Waals surface area contributed by atoms with Gasteiger partial charge in [-0.1, -0.05) is 101 Å². The van der Waals surface area contributed by atoms with Crippen LogP contribution in [0.1, 0.15) is 103 Å². The van der Waals surface area contributed by atoms with Crippen LogP contribution in [-0.4, -0.2) is 23.6 Å². The van der Waals surface area contributed by atoms with Crippen LogP contribution in [0.3, 0.4) is 0 Å². The van der Waals surface area contributed by atoms with Crippen LogP contribution in [0.25, 0.3) is 0 Å². The number of carbonyl (C=O) groups is 2. The second-order valence-electron chi connectivity index (χ2n) is 11.3. The Morgan fingerprint density at radius 1 is 0.689 bits per heavy atom. The van der Waals surface area contributed by atoms with Gasteiger partial charge in [-0.25, -0.2) is 4.79 Å². The summed E-state index contributed by atoms with van der Waals surface area (Å²) >= 11 is 5.33. The quantitative estimate of drug-likeness (QED) is 0.0674. The average molecular weight is 625 g/mol. The highest BCUT2D eigenvalue weighted by Gasteiger charge is 2.12. The maximum absolute atomic E-state index is 12.7. The monoisotopic (exact) mass is 624 g/mol. The lowest BCUT2D eigenvalue weighted by atomic mass is 10.00. The van der Waals surface area contributed by atoms with E-state index in [1.807, 2.05) is 24.3 Å². The predicted octanol–water partition coefficient (Wildman–Crippen LogP) is 9.54. The van der Waals surface area contributed by atoms with Crippen molar-refractivity contribution < 1.29 is 19.1 Å². The summed E-state index contributed by atoms with van der Waals surface area (Å²) in [6.07, 6.45) is 21.1. The Bertz CT molecular complexity index is 1420. The van der Waals surface area contributed by atoms with E-state index in [0.29, 0.717) is 29.2 Å². The summed E-state index contributed by atoms with van der Waals surface area (Å²) in [5.74, 6) is 0.653. The third-order valence-corrected chi connectivity index (χ3v) is 7.92. The highest BCUT2D eigenvalue weighted by molar-refractivity contribution is 7.80. The molecule has 0 aromatic heterocycles. The number of hydrogen-bond donors (Lipinski definition) is 2. The third kappa shape index (κ3) is 11.7. The van der Waals surface area contributed by atoms with Gasteiger partial charge in [-0.15, -0.1) is 0 Å². The summed E-state index contributed by atoms with van der Waals surface area (Å²) in [4.78, 5) is 25.3. The van der Waals surface area contributed by atoms with E-state index in [2.05, 4.69) is 29.7 Å². The molecule has 3 aromatic carbocycles. The van der Waals surface area contributed by atoms with E-state index in [9.17, 15) is 9.59 Å². The summed E-state index contributed by atoms with van der Waals surface area (Å²) in [6.45, 7) is 2.93. The highest BCUT2D eigenvalue weighted by Crippen LogP contribution is 2.24. The molecule has 0 unspecified atom stereocenters. The second kappa shape index (κ2) is 18.5. The minimum atomic E-state index is -0.433. The van der Waals surface area contributed by atoms with E-state index in [-0.39, 0.29) is 16.9 Å². The Hall–Kier alpha value is -4.23. The fraction of sp³-hybridized carbons (Fsp3) is 0.342. The molecule has 0 saturated carbocycles. The number of carbonyl (C=O) groups excluding carboxylic acids is 2. The zero-order chi connectivity index (χ0) is 31.7. The Morgan fingerprint density at radius 3 is 1.87 bits per heavy atom. The first-order chi connectivity index (χ1) is 22.0. The van der Waals surface area contributed by atoms with Gasteiger partial charge in [0, 0.05) is 17.2 Å². The number of allylic oxidation sites excluding steroid dienone is 4. The minimum absolute atomic E-state index is 0.165. The molecule has 0 bridgehead atoms. The first-order valence-electron chi connectivity index (χ1n) is 16.1. The Kier molecular flexibility index (Phi) is 13.9. The van der Waals surface area contributed by atoms with Gasteiger partial charge in [0.1, 0.15) is 11.5 Å². The van der Waals surface area contributed by atoms with Gasteiger partial charge in [-0.05, 0) is 84.9 Å². The van der Waals surface area contributed by atoms with Crippen molar-refractivity contribution in [3.8, 4) is 11.5 Å². The molecule has 1 aliphatic rings. The van der Waals surface area contributed by atoms with E-state index in [1.165, 1.54) is 57.8 Å². The molecular weight excluding hydrogens is 580 g/mol. The van der Waals surface area contributed by atoms with Gasteiger partial charge in [-0.3, -0.25) is 10.1 Å². The molecule has 236 valence electrons. The lowest BCUT2D eigenvalue weighted by Gasteiger charge is -2.11. The first kappa shape index (κ1) is 33.7. The highest BCUT2D eigenvalue weighted by atomic mass is 32.1. The molecule has 0 heterocycles. The van der Waals surface area contributed by atoms with Gasteiger partial charge in [0.15, 0.2) is 5.11 Å². The molecule has 4 rings (SSSR count). The van der Waals surface area contributed by atoms with Gasteiger partial charge in [0.05, 0.1) is 12.2 Å². The van der Waals surface area contributed by atoms with Crippen LogP contribution in [-0.2, 0) is 0 Å². The third-order valence-electron chi connectivity index (χ3n) is 7.71. The number of esters is 1. The minimum Gasteiger partial charge on any atom is -0.494 e. The van der Waals surface area contributed by atoms with Crippen LogP contribution < -0.4 is 20.1 Å². The summed E-state index contributed by atoms with van der Waals surface area (Å²) in [5, 5.41) is 5.85. The van der Waals surface area contributed by atoms with Crippen LogP contribution in [0.5, 0.6) is 11.5 Å². The summed E-state index contributed by atoms with van der Waals surface area (Å²) in [7, 11) is 0. The Balaban J connectivity index is 1.12. The van der Waals surface area contributed by atoms with E-state index in [1.54, 1.807) is 60.7 Å². The summed E-state index contributed by atoms with van der Waals surface area (Å²) in [5.41, 5.74) is 2.73. The largest absolute Gasteiger partial charge is 0.494 e. The van der Waals surface area contributed by atoms with Crippen molar-refractivity contribution in [1.82, 2.24) is 5.32 Å². The van der Waals surface area contributed by atoms with Crippen molar-refractivity contribution in [3.05, 3.63) is 114 Å². The van der Waals surface area contributed by atoms with Crippen molar-refractivity contribution in [2.75, 3.05) is 11.9 Å². The number of benzene rings is 3. The van der Waals surface area contributed by atoms with Gasteiger partial charge in [0.25, 0.3) is 5.91 Å². The number of nitrogens with one attached hydrogen (secondary N) is 2. The molecule has 1 aliphatic carbocycles. The van der Waals surface area contributed by atoms with Crippen LogP contribution >= 0.6 is 12.2 Å². The maximum atomic E-state index is 12.7. The molecule has 0 spiro atoms. The van der Waals surface area contributed by atoms with Crippen LogP contribution in [0.4, 0.5) is 5.69 Å². The molecule has 1 amide bonds. The smallest absolute Gasteiger partial charge is 0.343 e. The van der Waals surface area contributed by atoms with Crippen molar-refractivity contribution in [2.45, 2.75) is 77.0 Å². The normalized spacial score (nSPS) is 12.2. The molecule has 0 saturated heterocycles. The SMILES string of the molecule is CCCCCCCCCCCCOc1ccc(C(=O)NC(=S)Nc2ccc(OC(=O)c3ccc(C4C=CC=C4)cc3)cc2)cc1. The number of anilines is 1. The standard InChI is InChI=1S/C38H44N2O4S/c1-2-3-4-5-6-7-8-9-10-13-28-43-34-24-20-31(21-25-34)36(41)40-38(45)39-33-22-26-35(27-23-33)44-37(42)32-18-16-30(17-19-32)29-14-11-12-15-29/h11-12,14-27,29H,2-10,13,28H2,1H3,(H2,39,40,41,45). The molecule has 45 heavy (non-hydrogen) atoms. The van der Waals surface area contributed by atoms with Gasteiger partial charge in [-0.2, -0.15) is 0 Å². The lowest BCUT2D eigenvalue weighted by Crippen LogP contribution is -2.34. The number of hydrogen-bond acceptors (Lipinski definition) is 5. The topological polar surface area (TPSA) is 76.7 Å². The van der Waals surface area contributed by atoms with Crippen molar-refractivity contribution in [1.29, 1.82) is 0 Å².